The minimum absolute atomic E-state index is 0.809. The highest BCUT2D eigenvalue weighted by atomic mass is 15.5. The van der Waals surface area contributed by atoms with Gasteiger partial charge in [0.25, 0.3) is 0 Å². The monoisotopic (exact) mass is 279 g/mol. The number of hydrogen-bond donors (Lipinski definition) is 1. The van der Waals surface area contributed by atoms with Crippen LogP contribution in [0.4, 0.5) is 5.69 Å². The molecule has 0 bridgehead atoms. The largest absolute Gasteiger partial charge is 0.381 e. The Labute approximate surface area is 123 Å². The van der Waals surface area contributed by atoms with Crippen LogP contribution < -0.4 is 5.32 Å². The normalized spacial score (nSPS) is 10.5. The summed E-state index contributed by atoms with van der Waals surface area (Å²) in [5, 5.41) is 14.7. The Morgan fingerprint density at radius 1 is 1.05 bits per heavy atom. The summed E-state index contributed by atoms with van der Waals surface area (Å²) in [7, 11) is 0. The van der Waals surface area contributed by atoms with Gasteiger partial charge in [-0.15, -0.1) is 5.10 Å². The molecule has 0 unspecified atom stereocenters. The highest BCUT2D eigenvalue weighted by Crippen LogP contribution is 2.16. The lowest BCUT2D eigenvalue weighted by Gasteiger charge is -2.11. The van der Waals surface area contributed by atoms with Gasteiger partial charge in [0.1, 0.15) is 6.33 Å². The van der Waals surface area contributed by atoms with E-state index in [0.29, 0.717) is 0 Å². The lowest BCUT2D eigenvalue weighted by molar-refractivity contribution is 0.789. The predicted molar refractivity (Wildman–Crippen MR) is 82.3 cm³/mol. The first kappa shape index (κ1) is 13.3. The number of nitrogens with zero attached hydrogens (tertiary/aromatic N) is 4. The van der Waals surface area contributed by atoms with Crippen LogP contribution in [0.25, 0.3) is 5.69 Å². The molecule has 3 rings (SSSR count). The lowest BCUT2D eigenvalue weighted by Crippen LogP contribution is -2.03. The standard InChI is InChI=1S/C16H17N5/c1-2-13-6-3-4-7-14(13)11-17-15-8-5-9-16(10-15)21-12-18-19-20-21/h3-10,12,17H,2,11H2,1H3. The molecule has 21 heavy (non-hydrogen) atoms. The van der Waals surface area contributed by atoms with Crippen LogP contribution in [0, 0.1) is 0 Å². The van der Waals surface area contributed by atoms with E-state index in [4.69, 9.17) is 0 Å². The van der Waals surface area contributed by atoms with Gasteiger partial charge in [-0.1, -0.05) is 37.3 Å². The first-order valence-electron chi connectivity index (χ1n) is 7.01. The molecule has 5 heteroatoms. The van der Waals surface area contributed by atoms with Crippen molar-refractivity contribution in [3.63, 3.8) is 0 Å². The van der Waals surface area contributed by atoms with Crippen LogP contribution >= 0.6 is 0 Å². The zero-order valence-electron chi connectivity index (χ0n) is 11.9. The Balaban J connectivity index is 1.75. The maximum Gasteiger partial charge on any atom is 0.143 e. The van der Waals surface area contributed by atoms with Crippen molar-refractivity contribution in [2.75, 3.05) is 5.32 Å². The number of benzene rings is 2. The molecule has 106 valence electrons. The van der Waals surface area contributed by atoms with Gasteiger partial charge in [-0.2, -0.15) is 0 Å². The smallest absolute Gasteiger partial charge is 0.143 e. The summed E-state index contributed by atoms with van der Waals surface area (Å²) < 4.78 is 1.64. The lowest BCUT2D eigenvalue weighted by atomic mass is 10.1. The van der Waals surface area contributed by atoms with Crippen LogP contribution in [0.1, 0.15) is 18.1 Å². The Morgan fingerprint density at radius 3 is 2.67 bits per heavy atom. The van der Waals surface area contributed by atoms with E-state index in [2.05, 4.69) is 52.0 Å². The molecule has 0 saturated heterocycles. The molecule has 0 aliphatic rings. The molecule has 0 fully saturated rings. The molecule has 1 heterocycles. The molecule has 0 atom stereocenters. The van der Waals surface area contributed by atoms with Gasteiger partial charge in [0.05, 0.1) is 5.69 Å². The minimum atomic E-state index is 0.809. The summed E-state index contributed by atoms with van der Waals surface area (Å²) in [5.41, 5.74) is 4.69. The van der Waals surface area contributed by atoms with Crippen LogP contribution in [0.15, 0.2) is 54.9 Å². The minimum Gasteiger partial charge on any atom is -0.381 e. The first-order chi connectivity index (χ1) is 10.4. The molecule has 1 aromatic heterocycles. The molecular weight excluding hydrogens is 262 g/mol. The molecule has 3 aromatic rings. The summed E-state index contributed by atoms with van der Waals surface area (Å²) >= 11 is 0. The second-order valence-electron chi connectivity index (χ2n) is 4.78. The third-order valence-corrected chi connectivity index (χ3v) is 3.44. The van der Waals surface area contributed by atoms with Crippen LogP contribution in [-0.2, 0) is 13.0 Å². The maximum absolute atomic E-state index is 3.90. The van der Waals surface area contributed by atoms with Gasteiger partial charge in [0.2, 0.25) is 0 Å². The Hall–Kier alpha value is -2.69. The van der Waals surface area contributed by atoms with E-state index in [9.17, 15) is 0 Å². The number of hydrogen-bond acceptors (Lipinski definition) is 4. The number of aromatic nitrogens is 4. The third kappa shape index (κ3) is 3.08. The van der Waals surface area contributed by atoms with E-state index in [1.807, 2.05) is 24.3 Å². The second kappa shape index (κ2) is 6.17. The van der Waals surface area contributed by atoms with Gasteiger partial charge in [-0.3, -0.25) is 0 Å². The highest BCUT2D eigenvalue weighted by Gasteiger charge is 2.02. The van der Waals surface area contributed by atoms with Crippen molar-refractivity contribution in [3.8, 4) is 5.69 Å². The Morgan fingerprint density at radius 2 is 1.90 bits per heavy atom. The average molecular weight is 279 g/mol. The van der Waals surface area contributed by atoms with Gasteiger partial charge < -0.3 is 5.32 Å². The van der Waals surface area contributed by atoms with E-state index >= 15 is 0 Å². The molecule has 0 radical (unpaired) electrons. The summed E-state index contributed by atoms with van der Waals surface area (Å²) in [6, 6.07) is 16.5. The molecule has 0 amide bonds. The van der Waals surface area contributed by atoms with Crippen LogP contribution in [0.2, 0.25) is 0 Å². The van der Waals surface area contributed by atoms with Gasteiger partial charge in [-0.25, -0.2) is 4.68 Å². The highest BCUT2D eigenvalue weighted by molar-refractivity contribution is 5.51. The van der Waals surface area contributed by atoms with Gasteiger partial charge >= 0.3 is 0 Å². The number of rotatable bonds is 5. The number of aryl methyl sites for hydroxylation is 1. The number of nitrogens with one attached hydrogen (secondary N) is 1. The Kier molecular flexibility index (Phi) is 3.91. The fourth-order valence-electron chi connectivity index (χ4n) is 2.31. The number of anilines is 1. The maximum atomic E-state index is 3.90. The summed E-state index contributed by atoms with van der Waals surface area (Å²) in [5.74, 6) is 0. The van der Waals surface area contributed by atoms with Crippen molar-refractivity contribution < 1.29 is 0 Å². The van der Waals surface area contributed by atoms with Crippen LogP contribution in [0.5, 0.6) is 0 Å². The van der Waals surface area contributed by atoms with Crippen LogP contribution in [-0.4, -0.2) is 20.2 Å². The van der Waals surface area contributed by atoms with Crippen LogP contribution in [0.3, 0.4) is 0 Å². The van der Waals surface area contributed by atoms with E-state index < -0.39 is 0 Å². The molecule has 0 aliphatic heterocycles. The molecular formula is C16H17N5. The molecule has 1 N–H and O–H groups in total. The van der Waals surface area contributed by atoms with E-state index in [-0.39, 0.29) is 0 Å². The average Bonchev–Trinajstić information content (AvgIpc) is 3.08. The van der Waals surface area contributed by atoms with Crippen molar-refractivity contribution in [1.29, 1.82) is 0 Å². The molecule has 0 aliphatic carbocycles. The van der Waals surface area contributed by atoms with E-state index in [0.717, 1.165) is 24.3 Å². The zero-order valence-corrected chi connectivity index (χ0v) is 11.9. The van der Waals surface area contributed by atoms with Crippen molar-refractivity contribution >= 4 is 5.69 Å². The summed E-state index contributed by atoms with van der Waals surface area (Å²) in [6.07, 6.45) is 2.63. The fourth-order valence-corrected chi connectivity index (χ4v) is 2.31. The summed E-state index contributed by atoms with van der Waals surface area (Å²) in [4.78, 5) is 0. The molecule has 0 saturated carbocycles. The van der Waals surface area contributed by atoms with E-state index in [1.165, 1.54) is 11.1 Å². The first-order valence-corrected chi connectivity index (χ1v) is 7.01. The topological polar surface area (TPSA) is 55.6 Å². The van der Waals surface area contributed by atoms with Gasteiger partial charge in [0, 0.05) is 12.2 Å². The van der Waals surface area contributed by atoms with Gasteiger partial charge in [0.15, 0.2) is 0 Å². The van der Waals surface area contributed by atoms with Crippen molar-refractivity contribution in [2.45, 2.75) is 19.9 Å². The summed E-state index contributed by atoms with van der Waals surface area (Å²) in [6.45, 7) is 2.99. The fraction of sp³-hybridized carbons (Fsp3) is 0.188. The SMILES string of the molecule is CCc1ccccc1CNc1cccc(-n2cnnn2)c1. The van der Waals surface area contributed by atoms with Crippen molar-refractivity contribution in [3.05, 3.63) is 66.0 Å². The Bertz CT molecular complexity index is 706. The number of tetrazole rings is 1. The quantitative estimate of drug-likeness (QED) is 0.780. The second-order valence-corrected chi connectivity index (χ2v) is 4.78. The van der Waals surface area contributed by atoms with Crippen molar-refractivity contribution in [2.24, 2.45) is 0 Å². The van der Waals surface area contributed by atoms with E-state index in [1.54, 1.807) is 11.0 Å². The molecule has 2 aromatic carbocycles. The predicted octanol–water partition coefficient (Wildman–Crippen LogP) is 2.84. The van der Waals surface area contributed by atoms with Crippen molar-refractivity contribution in [1.82, 2.24) is 20.2 Å². The van der Waals surface area contributed by atoms with Gasteiger partial charge in [-0.05, 0) is 46.2 Å². The zero-order chi connectivity index (χ0) is 14.5. The molecule has 0 spiro atoms. The third-order valence-electron chi connectivity index (χ3n) is 3.44. The molecule has 5 nitrogen and oxygen atoms in total.